The number of carbonyl (C=O) groups is 3. The molecule has 268 valence electrons. The Morgan fingerprint density at radius 3 is 1.43 bits per heavy atom. The summed E-state index contributed by atoms with van der Waals surface area (Å²) in [7, 11) is 0. The molecule has 0 aromatic carbocycles. The van der Waals surface area contributed by atoms with E-state index in [1.807, 2.05) is 60.3 Å². The number of aldehydes is 1. The molecular weight excluding hydrogens is 616 g/mol. The van der Waals surface area contributed by atoms with Crippen molar-refractivity contribution in [3.05, 3.63) is 6.92 Å². The summed E-state index contributed by atoms with van der Waals surface area (Å²) in [6.07, 6.45) is 3.91. The van der Waals surface area contributed by atoms with Gasteiger partial charge in [-0.25, -0.2) is 9.59 Å². The molecule has 46 heavy (non-hydrogen) atoms. The summed E-state index contributed by atoms with van der Waals surface area (Å²) in [6, 6.07) is 0. The molecule has 0 aromatic rings. The molecule has 2 aliphatic rings. The third-order valence-electron chi connectivity index (χ3n) is 7.03. The minimum Gasteiger partial charge on any atom is -1.00 e. The van der Waals surface area contributed by atoms with Crippen molar-refractivity contribution in [2.45, 2.75) is 171 Å². The Morgan fingerprint density at radius 2 is 1.13 bits per heavy atom. The summed E-state index contributed by atoms with van der Waals surface area (Å²) in [5.74, 6) is 0.592. The third kappa shape index (κ3) is 22.0. The van der Waals surface area contributed by atoms with E-state index in [2.05, 4.69) is 62.3 Å². The summed E-state index contributed by atoms with van der Waals surface area (Å²) in [4.78, 5) is 38.5. The predicted octanol–water partition coefficient (Wildman–Crippen LogP) is 5.31. The second kappa shape index (κ2) is 18.8. The van der Waals surface area contributed by atoms with Crippen LogP contribution in [0.25, 0.3) is 0 Å². The zero-order valence-corrected chi connectivity index (χ0v) is 34.6. The second-order valence-corrected chi connectivity index (χ2v) is 18.6. The normalized spacial score (nSPS) is 21.3. The van der Waals surface area contributed by atoms with Gasteiger partial charge in [0.1, 0.15) is 17.5 Å². The Labute approximate surface area is 305 Å². The van der Waals surface area contributed by atoms with Crippen LogP contribution in [-0.2, 0) is 14.3 Å². The molecule has 0 bridgehead atoms. The van der Waals surface area contributed by atoms with E-state index in [-0.39, 0.29) is 81.6 Å². The maximum Gasteiger partial charge on any atom is 2.00 e. The first-order valence-electron chi connectivity index (χ1n) is 16.3. The predicted molar refractivity (Wildman–Crippen MR) is 186 cm³/mol. The van der Waals surface area contributed by atoms with Gasteiger partial charge in [-0.3, -0.25) is 0 Å². The van der Waals surface area contributed by atoms with Gasteiger partial charge in [0.2, 0.25) is 0 Å². The first-order chi connectivity index (χ1) is 19.3. The molecule has 1 unspecified atom stereocenters. The van der Waals surface area contributed by atoms with E-state index in [9.17, 15) is 19.5 Å². The number of amides is 2. The zero-order valence-electron chi connectivity index (χ0n) is 32.4. The van der Waals surface area contributed by atoms with Crippen molar-refractivity contribution >= 4 is 41.5 Å². The molecule has 1 N–H and O–H groups in total. The number of hydrogen-bond donors (Lipinski definition) is 1. The average Bonchev–Trinajstić information content (AvgIpc) is 3.17. The molecule has 2 heterocycles. The first kappa shape index (κ1) is 49.6. The topological polar surface area (TPSA) is 96.4 Å². The van der Waals surface area contributed by atoms with Crippen LogP contribution in [-0.4, -0.2) is 97.9 Å². The summed E-state index contributed by atoms with van der Waals surface area (Å²) in [6.45, 7) is 37.1. The van der Waals surface area contributed by atoms with Crippen LogP contribution in [0.1, 0.15) is 143 Å². The van der Waals surface area contributed by atoms with Gasteiger partial charge in [-0.05, 0) is 112 Å². The number of hydrogen-bond acceptors (Lipinski definition) is 6. The Bertz CT molecular complexity index is 923. The van der Waals surface area contributed by atoms with E-state index >= 15 is 0 Å². The molecule has 8 nitrogen and oxygen atoms in total. The number of ether oxygens (including phenoxy) is 2. The number of rotatable bonds is 5. The average molecular weight is 686 g/mol. The van der Waals surface area contributed by atoms with Crippen LogP contribution >= 0.6 is 0 Å². The number of aliphatic hydroxyl groups is 1. The monoisotopic (exact) mass is 684 g/mol. The Morgan fingerprint density at radius 1 is 0.804 bits per heavy atom. The van der Waals surface area contributed by atoms with Crippen LogP contribution < -0.4 is 12.4 Å². The van der Waals surface area contributed by atoms with Crippen LogP contribution in [0.2, 0.25) is 0 Å². The van der Waals surface area contributed by atoms with Crippen molar-refractivity contribution in [1.29, 1.82) is 0 Å². The Kier molecular flexibility index (Phi) is 20.3. The summed E-state index contributed by atoms with van der Waals surface area (Å²) < 4.78 is 10.9. The van der Waals surface area contributed by atoms with Gasteiger partial charge in [-0.2, -0.15) is 5.41 Å². The second-order valence-electron chi connectivity index (χ2n) is 18.6. The minimum absolute atomic E-state index is 0. The fraction of sp³-hybridized carbons (Fsp3) is 0.889. The van der Waals surface area contributed by atoms with Gasteiger partial charge in [-0.1, -0.05) is 41.5 Å². The van der Waals surface area contributed by atoms with Gasteiger partial charge < -0.3 is 48.5 Å². The van der Waals surface area contributed by atoms with Crippen molar-refractivity contribution < 1.29 is 41.4 Å². The van der Waals surface area contributed by atoms with E-state index in [4.69, 9.17) is 9.47 Å². The Balaban J connectivity index is -0.000000688. The molecule has 0 spiro atoms. The zero-order chi connectivity index (χ0) is 35.1. The van der Waals surface area contributed by atoms with Crippen LogP contribution in [0, 0.1) is 29.6 Å². The van der Waals surface area contributed by atoms with E-state index in [0.29, 0.717) is 25.4 Å². The van der Waals surface area contributed by atoms with E-state index < -0.39 is 11.2 Å². The molecule has 2 rings (SSSR count). The molecular formula is C36H69ClMgN2O6. The van der Waals surface area contributed by atoms with Crippen molar-refractivity contribution in [3.8, 4) is 0 Å². The first-order valence-corrected chi connectivity index (χ1v) is 16.3. The molecule has 2 fully saturated rings. The number of nitrogens with zero attached hydrogens (tertiary/aromatic N) is 2. The number of carbonyl (C=O) groups excluding carboxylic acids is 3. The summed E-state index contributed by atoms with van der Waals surface area (Å²) in [5.41, 5.74) is -1.02. The van der Waals surface area contributed by atoms with E-state index in [1.54, 1.807) is 4.90 Å². The molecule has 2 aliphatic heterocycles. The molecule has 0 aliphatic carbocycles. The van der Waals surface area contributed by atoms with Gasteiger partial charge in [0.25, 0.3) is 0 Å². The number of aliphatic hydroxyl groups excluding tert-OH is 1. The molecule has 2 saturated heterocycles. The largest absolute Gasteiger partial charge is 2.00 e. The van der Waals surface area contributed by atoms with Gasteiger partial charge >= 0.3 is 35.2 Å². The van der Waals surface area contributed by atoms with Crippen molar-refractivity contribution in [2.24, 2.45) is 22.7 Å². The van der Waals surface area contributed by atoms with Crippen LogP contribution in [0.5, 0.6) is 0 Å². The Hall–Kier alpha value is -0.774. The molecule has 0 saturated carbocycles. The summed E-state index contributed by atoms with van der Waals surface area (Å²) >= 11 is 0. The molecule has 3 atom stereocenters. The maximum absolute atomic E-state index is 12.4. The molecule has 2 amide bonds. The summed E-state index contributed by atoms with van der Waals surface area (Å²) in [5, 5.41) is 10.3. The van der Waals surface area contributed by atoms with Gasteiger partial charge in [-0.15, -0.1) is 0 Å². The minimum atomic E-state index is -0.476. The fourth-order valence-electron chi connectivity index (χ4n) is 5.68. The fourth-order valence-corrected chi connectivity index (χ4v) is 5.68. The molecule has 10 heteroatoms. The smallest absolute Gasteiger partial charge is 1.00 e. The van der Waals surface area contributed by atoms with Gasteiger partial charge in [0, 0.05) is 30.6 Å². The molecule has 0 radical (unpaired) electrons. The van der Waals surface area contributed by atoms with E-state index in [1.165, 1.54) is 0 Å². The van der Waals surface area contributed by atoms with Crippen molar-refractivity contribution in [3.63, 3.8) is 0 Å². The van der Waals surface area contributed by atoms with Gasteiger partial charge in [0.05, 0.1) is 6.10 Å². The van der Waals surface area contributed by atoms with Crippen molar-refractivity contribution in [1.82, 2.24) is 9.80 Å². The SMILES string of the molecule is CC(C)(C)CC(O)C[C@@H]1CN(C(=O)OC(C)(C)C)C(C)(C)C1.CC(C)(C)OC(=O)N1C[C@@H](CC=O)CC1(C)C.[CH2-]C(C)(C)C.[Cl-].[Mg+2]. The number of halogens is 1. The molecule has 0 aromatic heterocycles. The quantitative estimate of drug-likeness (QED) is 0.240. The van der Waals surface area contributed by atoms with Crippen LogP contribution in [0.3, 0.4) is 0 Å². The van der Waals surface area contributed by atoms with Gasteiger partial charge in [0.15, 0.2) is 0 Å². The maximum atomic E-state index is 12.4. The standard InChI is InChI=1S/C18H35NO3.C13H23NO3.C5H11.ClH.Mg/c1-16(2,3)11-14(20)9-13-10-18(7,8)19(12-13)15(21)22-17(4,5)6;1-12(2,3)17-11(16)14-9-10(6-7-15)8-13(14,4)5;1-5(2,3)4;;/h13-14,20H,9-12H2,1-8H3;7,10H,6,8-9H2,1-5H3;1H2,2-4H3;1H;/q;;-1;;+2/p-1/t13-,14?;10-;;;/m00.../s1. The van der Waals surface area contributed by atoms with Crippen LogP contribution in [0.15, 0.2) is 0 Å². The third-order valence-corrected chi connectivity index (χ3v) is 7.03. The van der Waals surface area contributed by atoms with Crippen LogP contribution in [0.4, 0.5) is 9.59 Å². The van der Waals surface area contributed by atoms with E-state index in [0.717, 1.165) is 32.0 Å². The number of likely N-dealkylation sites (tertiary alicyclic amines) is 2. The van der Waals surface area contributed by atoms with Crippen molar-refractivity contribution in [2.75, 3.05) is 13.1 Å².